The molecule has 1 rings (SSSR count). The highest BCUT2D eigenvalue weighted by molar-refractivity contribution is 4.78. The summed E-state index contributed by atoms with van der Waals surface area (Å²) in [5.41, 5.74) is 6.09. The van der Waals surface area contributed by atoms with E-state index >= 15 is 0 Å². The first-order valence-electron chi connectivity index (χ1n) is 3.63. The van der Waals surface area contributed by atoms with E-state index in [1.165, 1.54) is 25.7 Å². The number of hydrogen-bond acceptors (Lipinski definition) is 2. The summed E-state index contributed by atoms with van der Waals surface area (Å²) in [6.07, 6.45) is 9.33. The molecule has 0 unspecified atom stereocenters. The van der Waals surface area contributed by atoms with Gasteiger partial charge in [-0.3, -0.25) is 0 Å². The molecule has 0 aromatic rings. The molecule has 52 valence electrons. The van der Waals surface area contributed by atoms with Gasteiger partial charge in [-0.05, 0) is 19.3 Å². The maximum absolute atomic E-state index is 3.09. The molecule has 1 heterocycles. The van der Waals surface area contributed by atoms with Crippen LogP contribution in [0.3, 0.4) is 0 Å². The summed E-state index contributed by atoms with van der Waals surface area (Å²) in [5, 5.41) is 0. The third-order valence-corrected chi connectivity index (χ3v) is 1.48. The highest BCUT2D eigenvalue weighted by Gasteiger charge is 1.88. The lowest BCUT2D eigenvalue weighted by atomic mass is 10.2. The van der Waals surface area contributed by atoms with Crippen molar-refractivity contribution in [2.24, 2.45) is 0 Å². The number of hydrazine groups is 1. The van der Waals surface area contributed by atoms with Gasteiger partial charge in [0.15, 0.2) is 0 Å². The molecule has 2 heteroatoms. The molecule has 0 radical (unpaired) electrons. The van der Waals surface area contributed by atoms with Crippen LogP contribution in [-0.4, -0.2) is 6.54 Å². The Morgan fingerprint density at radius 2 is 2.11 bits per heavy atom. The zero-order valence-electron chi connectivity index (χ0n) is 5.69. The fourth-order valence-corrected chi connectivity index (χ4v) is 0.926. The van der Waals surface area contributed by atoms with E-state index in [0.717, 1.165) is 6.54 Å². The Bertz CT molecular complexity index is 78.9. The molecule has 2 N–H and O–H groups in total. The first-order chi connectivity index (χ1) is 4.50. The highest BCUT2D eigenvalue weighted by atomic mass is 15.3. The Hall–Kier alpha value is -0.500. The van der Waals surface area contributed by atoms with Gasteiger partial charge in [-0.2, -0.15) is 0 Å². The lowest BCUT2D eigenvalue weighted by molar-refractivity contribution is 0.581. The van der Waals surface area contributed by atoms with Crippen LogP contribution in [0.1, 0.15) is 25.7 Å². The van der Waals surface area contributed by atoms with Crippen molar-refractivity contribution >= 4 is 0 Å². The summed E-state index contributed by atoms with van der Waals surface area (Å²) in [6, 6.07) is 0. The van der Waals surface area contributed by atoms with Crippen molar-refractivity contribution < 1.29 is 0 Å². The summed E-state index contributed by atoms with van der Waals surface area (Å²) >= 11 is 0. The van der Waals surface area contributed by atoms with E-state index in [1.54, 1.807) is 0 Å². The van der Waals surface area contributed by atoms with Crippen LogP contribution in [0, 0.1) is 0 Å². The molecule has 1 aliphatic rings. The fraction of sp³-hybridized carbons (Fsp3) is 0.714. The van der Waals surface area contributed by atoms with Gasteiger partial charge in [-0.25, -0.2) is 5.43 Å². The van der Waals surface area contributed by atoms with Crippen molar-refractivity contribution in [1.82, 2.24) is 10.9 Å². The Morgan fingerprint density at radius 1 is 1.11 bits per heavy atom. The molecule has 0 fully saturated rings. The van der Waals surface area contributed by atoms with Gasteiger partial charge in [0.2, 0.25) is 0 Å². The molecule has 0 amide bonds. The molecular formula is C7H14N2. The van der Waals surface area contributed by atoms with Gasteiger partial charge in [0.1, 0.15) is 0 Å². The van der Waals surface area contributed by atoms with Crippen LogP contribution in [0.5, 0.6) is 0 Å². The van der Waals surface area contributed by atoms with E-state index in [9.17, 15) is 0 Å². The molecule has 1 aliphatic heterocycles. The SMILES string of the molecule is C1=C\NNCCCCC/1. The van der Waals surface area contributed by atoms with Gasteiger partial charge in [0, 0.05) is 12.7 Å². The van der Waals surface area contributed by atoms with Crippen molar-refractivity contribution in [1.29, 1.82) is 0 Å². The standard InChI is InChI=1S/C7H14N2/c1-2-4-6-8-9-7-5-3-1/h4,6,8-9H,1-3,5,7H2/b6-4-. The first kappa shape index (κ1) is 6.62. The summed E-state index contributed by atoms with van der Waals surface area (Å²) in [6.45, 7) is 1.09. The molecule has 2 nitrogen and oxygen atoms in total. The summed E-state index contributed by atoms with van der Waals surface area (Å²) in [5.74, 6) is 0. The quantitative estimate of drug-likeness (QED) is 0.509. The van der Waals surface area contributed by atoms with Crippen LogP contribution < -0.4 is 10.9 Å². The van der Waals surface area contributed by atoms with Gasteiger partial charge < -0.3 is 5.43 Å². The molecule has 0 atom stereocenters. The number of allylic oxidation sites excluding steroid dienone is 1. The van der Waals surface area contributed by atoms with Crippen molar-refractivity contribution in [3.63, 3.8) is 0 Å². The predicted molar refractivity (Wildman–Crippen MR) is 38.7 cm³/mol. The average Bonchev–Trinajstić information content (AvgIpc) is 2.00. The van der Waals surface area contributed by atoms with Crippen molar-refractivity contribution in [3.8, 4) is 0 Å². The third-order valence-electron chi connectivity index (χ3n) is 1.48. The summed E-state index contributed by atoms with van der Waals surface area (Å²) in [7, 11) is 0. The van der Waals surface area contributed by atoms with Crippen LogP contribution in [0.4, 0.5) is 0 Å². The molecule has 0 aromatic carbocycles. The smallest absolute Gasteiger partial charge is 0.0147 e. The van der Waals surface area contributed by atoms with E-state index in [-0.39, 0.29) is 0 Å². The molecular weight excluding hydrogens is 112 g/mol. The van der Waals surface area contributed by atoms with Crippen molar-refractivity contribution in [2.75, 3.05) is 6.54 Å². The minimum atomic E-state index is 1.09. The molecule has 0 aromatic heterocycles. The van der Waals surface area contributed by atoms with Gasteiger partial charge in [0.25, 0.3) is 0 Å². The topological polar surface area (TPSA) is 24.1 Å². The number of nitrogens with one attached hydrogen (secondary N) is 2. The van der Waals surface area contributed by atoms with E-state index in [0.29, 0.717) is 0 Å². The monoisotopic (exact) mass is 126 g/mol. The molecule has 9 heavy (non-hydrogen) atoms. The Balaban J connectivity index is 2.15. The second-order valence-corrected chi connectivity index (χ2v) is 2.32. The van der Waals surface area contributed by atoms with Crippen molar-refractivity contribution in [2.45, 2.75) is 25.7 Å². The fourth-order valence-electron chi connectivity index (χ4n) is 0.926. The summed E-state index contributed by atoms with van der Waals surface area (Å²) < 4.78 is 0. The largest absolute Gasteiger partial charge is 0.329 e. The van der Waals surface area contributed by atoms with Gasteiger partial charge in [-0.15, -0.1) is 0 Å². The highest BCUT2D eigenvalue weighted by Crippen LogP contribution is 1.99. The maximum Gasteiger partial charge on any atom is 0.0147 e. The van der Waals surface area contributed by atoms with E-state index in [2.05, 4.69) is 16.9 Å². The van der Waals surface area contributed by atoms with E-state index < -0.39 is 0 Å². The van der Waals surface area contributed by atoms with E-state index in [4.69, 9.17) is 0 Å². The second-order valence-electron chi connectivity index (χ2n) is 2.32. The zero-order valence-corrected chi connectivity index (χ0v) is 5.69. The Morgan fingerprint density at radius 3 is 3.11 bits per heavy atom. The number of rotatable bonds is 0. The molecule has 0 bridgehead atoms. The minimum absolute atomic E-state index is 1.09. The van der Waals surface area contributed by atoms with E-state index in [1.807, 2.05) is 6.20 Å². The lowest BCUT2D eigenvalue weighted by Gasteiger charge is -1.99. The molecule has 0 aliphatic carbocycles. The normalized spacial score (nSPS) is 24.9. The lowest BCUT2D eigenvalue weighted by Crippen LogP contribution is -2.27. The second kappa shape index (κ2) is 4.39. The molecule has 0 spiro atoms. The third kappa shape index (κ3) is 3.14. The Kier molecular flexibility index (Phi) is 3.22. The maximum atomic E-state index is 3.09. The predicted octanol–water partition coefficient (Wildman–Crippen LogP) is 1.17. The van der Waals surface area contributed by atoms with Gasteiger partial charge in [-0.1, -0.05) is 12.5 Å². The van der Waals surface area contributed by atoms with Crippen LogP contribution >= 0.6 is 0 Å². The Labute approximate surface area is 56.3 Å². The minimum Gasteiger partial charge on any atom is -0.329 e. The van der Waals surface area contributed by atoms with Crippen LogP contribution in [0.25, 0.3) is 0 Å². The van der Waals surface area contributed by atoms with Crippen LogP contribution in [0.15, 0.2) is 12.3 Å². The van der Waals surface area contributed by atoms with Gasteiger partial charge >= 0.3 is 0 Å². The molecule has 0 saturated heterocycles. The van der Waals surface area contributed by atoms with Crippen LogP contribution in [-0.2, 0) is 0 Å². The first-order valence-corrected chi connectivity index (χ1v) is 3.63. The van der Waals surface area contributed by atoms with Crippen LogP contribution in [0.2, 0.25) is 0 Å². The number of hydrogen-bond donors (Lipinski definition) is 2. The van der Waals surface area contributed by atoms with Crippen molar-refractivity contribution in [3.05, 3.63) is 12.3 Å². The van der Waals surface area contributed by atoms with Gasteiger partial charge in [0.05, 0.1) is 0 Å². The average molecular weight is 126 g/mol. The summed E-state index contributed by atoms with van der Waals surface area (Å²) in [4.78, 5) is 0. The zero-order chi connectivity index (χ0) is 6.36. The molecule has 0 saturated carbocycles.